The predicted molar refractivity (Wildman–Crippen MR) is 155 cm³/mol. The minimum Gasteiger partial charge on any atom is -0.491 e. The van der Waals surface area contributed by atoms with Gasteiger partial charge in [-0.2, -0.15) is 0 Å². The Morgan fingerprint density at radius 3 is 2.62 bits per heavy atom. The van der Waals surface area contributed by atoms with Crippen LogP contribution in [0.1, 0.15) is 51.8 Å². The number of nitro benzene ring substituents is 1. The van der Waals surface area contributed by atoms with Crippen molar-refractivity contribution in [2.75, 3.05) is 13.2 Å². The molecule has 2 aromatic carbocycles. The van der Waals surface area contributed by atoms with Gasteiger partial charge in [-0.15, -0.1) is 0 Å². The Bertz CT molecular complexity index is 1690. The second kappa shape index (κ2) is 12.2. The van der Waals surface area contributed by atoms with E-state index in [0.29, 0.717) is 31.8 Å². The highest BCUT2D eigenvalue weighted by molar-refractivity contribution is 9.10. The van der Waals surface area contributed by atoms with Crippen LogP contribution in [0, 0.1) is 10.1 Å². The number of ether oxygens (including phenoxy) is 3. The molecule has 10 nitrogen and oxygen atoms in total. The van der Waals surface area contributed by atoms with Crippen molar-refractivity contribution >= 4 is 45.0 Å². The molecule has 0 N–H and O–H groups in total. The molecule has 40 heavy (non-hydrogen) atoms. The summed E-state index contributed by atoms with van der Waals surface area (Å²) < 4.78 is 19.0. The van der Waals surface area contributed by atoms with Gasteiger partial charge in [0.1, 0.15) is 11.8 Å². The highest BCUT2D eigenvalue weighted by Gasteiger charge is 2.35. The molecule has 1 atom stereocenters. The first kappa shape index (κ1) is 29.2. The lowest BCUT2D eigenvalue weighted by atomic mass is 9.95. The van der Waals surface area contributed by atoms with E-state index in [9.17, 15) is 19.7 Å². The summed E-state index contributed by atoms with van der Waals surface area (Å²) >= 11 is 4.48. The molecule has 1 aliphatic heterocycles. The number of nitro groups is 1. The smallest absolute Gasteiger partial charge is 0.338 e. The quantitative estimate of drug-likeness (QED) is 0.192. The summed E-state index contributed by atoms with van der Waals surface area (Å²) in [4.78, 5) is 43.3. The summed E-state index contributed by atoms with van der Waals surface area (Å²) in [6, 6.07) is 9.38. The zero-order chi connectivity index (χ0) is 29.1. The zero-order valence-corrected chi connectivity index (χ0v) is 25.0. The van der Waals surface area contributed by atoms with Crippen molar-refractivity contribution in [3.63, 3.8) is 0 Å². The minimum atomic E-state index is -0.853. The molecule has 2 heterocycles. The Hall–Kier alpha value is -3.77. The second-order valence-corrected chi connectivity index (χ2v) is 10.9. The van der Waals surface area contributed by atoms with E-state index in [1.54, 1.807) is 39.0 Å². The normalized spacial score (nSPS) is 15.1. The molecule has 4 rings (SSSR count). The third-order valence-electron chi connectivity index (χ3n) is 5.92. The predicted octanol–water partition coefficient (Wildman–Crippen LogP) is 4.65. The maximum absolute atomic E-state index is 13.9. The first-order valence-electron chi connectivity index (χ1n) is 12.6. The molecule has 1 aromatic heterocycles. The van der Waals surface area contributed by atoms with E-state index in [4.69, 9.17) is 14.2 Å². The van der Waals surface area contributed by atoms with Crippen LogP contribution >= 0.6 is 27.3 Å². The topological polar surface area (TPSA) is 122 Å². The summed E-state index contributed by atoms with van der Waals surface area (Å²) in [6.45, 7) is 9.34. The maximum Gasteiger partial charge on any atom is 0.338 e. The SMILES string of the molecule is CCOC(=O)C1=C(C)N=c2s/c(=C\c3cc(Br)c(OCC)c([N+](=O)[O-])c3)c(=O)n2[C@H]1c1ccccc1OC(C)C. The molecule has 0 aliphatic carbocycles. The zero-order valence-electron chi connectivity index (χ0n) is 22.6. The molecule has 0 unspecified atom stereocenters. The summed E-state index contributed by atoms with van der Waals surface area (Å²) in [7, 11) is 0. The number of thiazole rings is 1. The van der Waals surface area contributed by atoms with Gasteiger partial charge in [0.25, 0.3) is 5.56 Å². The van der Waals surface area contributed by atoms with Crippen molar-refractivity contribution in [2.24, 2.45) is 4.99 Å². The van der Waals surface area contributed by atoms with Crippen LogP contribution < -0.4 is 24.4 Å². The van der Waals surface area contributed by atoms with Gasteiger partial charge in [-0.05, 0) is 74.3 Å². The Morgan fingerprint density at radius 2 is 1.98 bits per heavy atom. The number of benzene rings is 2. The van der Waals surface area contributed by atoms with Crippen LogP contribution in [0.5, 0.6) is 11.5 Å². The Kier molecular flexibility index (Phi) is 8.89. The molecule has 0 amide bonds. The Morgan fingerprint density at radius 1 is 1.25 bits per heavy atom. The molecule has 0 saturated carbocycles. The number of aromatic nitrogens is 1. The van der Waals surface area contributed by atoms with Crippen LogP contribution in [0.25, 0.3) is 6.08 Å². The number of nitrogens with zero attached hydrogens (tertiary/aromatic N) is 3. The molecular weight excluding hydrogens is 602 g/mol. The van der Waals surface area contributed by atoms with E-state index in [1.807, 2.05) is 32.0 Å². The fourth-order valence-corrected chi connectivity index (χ4v) is 6.04. The van der Waals surface area contributed by atoms with E-state index in [-0.39, 0.29) is 40.9 Å². The number of para-hydroxylation sites is 1. The Balaban J connectivity index is 1.97. The summed E-state index contributed by atoms with van der Waals surface area (Å²) in [5.41, 5.74) is 1.06. The number of carbonyl (C=O) groups excluding carboxylic acids is 1. The molecule has 0 spiro atoms. The van der Waals surface area contributed by atoms with Crippen molar-refractivity contribution in [1.29, 1.82) is 0 Å². The van der Waals surface area contributed by atoms with Crippen molar-refractivity contribution in [3.05, 3.63) is 93.1 Å². The van der Waals surface area contributed by atoms with Crippen LogP contribution in [-0.2, 0) is 9.53 Å². The molecule has 1 aliphatic rings. The van der Waals surface area contributed by atoms with Gasteiger partial charge in [0.2, 0.25) is 5.75 Å². The third kappa shape index (κ3) is 5.73. The average Bonchev–Trinajstić information content (AvgIpc) is 3.18. The highest BCUT2D eigenvalue weighted by atomic mass is 79.9. The number of fused-ring (bicyclic) bond motifs is 1. The average molecular weight is 631 g/mol. The third-order valence-corrected chi connectivity index (χ3v) is 7.49. The monoisotopic (exact) mass is 629 g/mol. The molecule has 3 aromatic rings. The number of halogens is 1. The molecule has 0 saturated heterocycles. The standard InChI is InChI=1S/C28H28BrN3O7S/c1-6-37-25-19(29)12-17(13-20(25)32(35)36)14-22-26(33)31-24(18-10-8-9-11-21(18)39-15(3)4)23(27(34)38-7-2)16(5)30-28(31)40-22/h8-15,24H,6-7H2,1-5H3/b22-14-/t24-/m0/s1. The van der Waals surface area contributed by atoms with Gasteiger partial charge in [0.15, 0.2) is 4.80 Å². The van der Waals surface area contributed by atoms with Gasteiger partial charge in [-0.1, -0.05) is 29.5 Å². The van der Waals surface area contributed by atoms with Gasteiger partial charge in [0.05, 0.1) is 44.5 Å². The summed E-state index contributed by atoms with van der Waals surface area (Å²) in [6.07, 6.45) is 1.41. The van der Waals surface area contributed by atoms with Crippen molar-refractivity contribution in [2.45, 2.75) is 46.8 Å². The molecule has 12 heteroatoms. The maximum atomic E-state index is 13.9. The van der Waals surface area contributed by atoms with Gasteiger partial charge in [-0.25, -0.2) is 9.79 Å². The van der Waals surface area contributed by atoms with Crippen LogP contribution in [0.2, 0.25) is 0 Å². The number of esters is 1. The molecule has 0 bridgehead atoms. The fourth-order valence-electron chi connectivity index (χ4n) is 4.41. The summed E-state index contributed by atoms with van der Waals surface area (Å²) in [5, 5.41) is 11.7. The number of rotatable bonds is 9. The number of hydrogen-bond acceptors (Lipinski definition) is 9. The lowest BCUT2D eigenvalue weighted by Crippen LogP contribution is -2.40. The van der Waals surface area contributed by atoms with Crippen LogP contribution in [0.15, 0.2) is 61.9 Å². The number of hydrogen-bond donors (Lipinski definition) is 0. The fraction of sp³-hybridized carbons (Fsp3) is 0.321. The van der Waals surface area contributed by atoms with Gasteiger partial charge in [0, 0.05) is 11.6 Å². The number of allylic oxidation sites excluding steroid dienone is 1. The Labute approximate surface area is 242 Å². The largest absolute Gasteiger partial charge is 0.491 e. The van der Waals surface area contributed by atoms with Crippen molar-refractivity contribution < 1.29 is 23.9 Å². The number of carbonyl (C=O) groups is 1. The molecule has 0 fully saturated rings. The van der Waals surface area contributed by atoms with Gasteiger partial charge < -0.3 is 14.2 Å². The highest BCUT2D eigenvalue weighted by Crippen LogP contribution is 2.38. The van der Waals surface area contributed by atoms with Crippen LogP contribution in [-0.4, -0.2) is 34.8 Å². The lowest BCUT2D eigenvalue weighted by Gasteiger charge is -2.26. The van der Waals surface area contributed by atoms with E-state index >= 15 is 0 Å². The van der Waals surface area contributed by atoms with E-state index in [0.717, 1.165) is 11.3 Å². The minimum absolute atomic E-state index is 0.113. The first-order valence-corrected chi connectivity index (χ1v) is 14.2. The summed E-state index contributed by atoms with van der Waals surface area (Å²) in [5.74, 6) is 0.0654. The lowest BCUT2D eigenvalue weighted by molar-refractivity contribution is -0.385. The van der Waals surface area contributed by atoms with Gasteiger partial charge >= 0.3 is 11.7 Å². The van der Waals surface area contributed by atoms with Crippen molar-refractivity contribution in [1.82, 2.24) is 4.57 Å². The van der Waals surface area contributed by atoms with Crippen LogP contribution in [0.4, 0.5) is 5.69 Å². The van der Waals surface area contributed by atoms with E-state index in [1.165, 1.54) is 10.6 Å². The van der Waals surface area contributed by atoms with Gasteiger partial charge in [-0.3, -0.25) is 19.5 Å². The molecule has 210 valence electrons. The van der Waals surface area contributed by atoms with Crippen LogP contribution in [0.3, 0.4) is 0 Å². The second-order valence-electron chi connectivity index (χ2n) is 9.05. The first-order chi connectivity index (χ1) is 19.1. The van der Waals surface area contributed by atoms with Crippen molar-refractivity contribution in [3.8, 4) is 11.5 Å². The molecular formula is C28H28BrN3O7S. The van der Waals surface area contributed by atoms with E-state index < -0.39 is 22.5 Å². The molecule has 0 radical (unpaired) electrons. The van der Waals surface area contributed by atoms with E-state index in [2.05, 4.69) is 20.9 Å².